The molecule has 1 N–H and O–H groups in total. The molecule has 0 bridgehead atoms. The maximum atomic E-state index is 9.44. The number of hydrogen-bond donors (Lipinski definition) is 1. The third-order valence-corrected chi connectivity index (χ3v) is 3.51. The van der Waals surface area contributed by atoms with Gasteiger partial charge in [-0.25, -0.2) is 0 Å². The van der Waals surface area contributed by atoms with Crippen LogP contribution in [-0.2, 0) is 0 Å². The number of likely N-dealkylation sites (N-methyl/N-ethyl adjacent to an activating group) is 1. The molecule has 0 saturated carbocycles. The molecule has 2 aromatic rings. The fourth-order valence-electron chi connectivity index (χ4n) is 1.70. The Hall–Kier alpha value is -1.39. The largest absolute Gasteiger partial charge is 0.394 e. The van der Waals surface area contributed by atoms with Crippen molar-refractivity contribution in [1.29, 1.82) is 0 Å². The minimum atomic E-state index is -0.411. The summed E-state index contributed by atoms with van der Waals surface area (Å²) in [6, 6.07) is 7.71. The molecule has 5 heteroatoms. The number of aliphatic hydroxyl groups excluding tert-OH is 1. The Bertz CT molecular complexity index is 571. The molecule has 0 aliphatic rings. The normalized spacial score (nSPS) is 11.8. The number of nitrogens with zero attached hydrogens (tertiary/aromatic N) is 3. The molecule has 4 nitrogen and oxygen atoms in total. The van der Waals surface area contributed by atoms with E-state index in [1.807, 2.05) is 50.1 Å². The lowest BCUT2D eigenvalue weighted by molar-refractivity contribution is 0.215. The van der Waals surface area contributed by atoms with E-state index in [4.69, 9.17) is 11.6 Å². The first-order chi connectivity index (χ1) is 8.47. The lowest BCUT2D eigenvalue weighted by atomic mass is 10.0. The van der Waals surface area contributed by atoms with Crippen molar-refractivity contribution in [3.8, 4) is 0 Å². The van der Waals surface area contributed by atoms with E-state index in [9.17, 15) is 5.11 Å². The maximum Gasteiger partial charge on any atom is 0.159 e. The van der Waals surface area contributed by atoms with E-state index in [2.05, 4.69) is 10.2 Å². The quantitative estimate of drug-likeness (QED) is 0.926. The van der Waals surface area contributed by atoms with Crippen molar-refractivity contribution in [2.45, 2.75) is 19.4 Å². The van der Waals surface area contributed by atoms with Gasteiger partial charge in [0.1, 0.15) is 0 Å². The fourth-order valence-corrected chi connectivity index (χ4v) is 1.90. The Morgan fingerprint density at radius 3 is 2.44 bits per heavy atom. The summed E-state index contributed by atoms with van der Waals surface area (Å²) in [4.78, 5) is 1.92. The predicted molar refractivity (Wildman–Crippen MR) is 74.1 cm³/mol. The van der Waals surface area contributed by atoms with Gasteiger partial charge in [-0.1, -0.05) is 35.9 Å². The first kappa shape index (κ1) is 13.1. The topological polar surface area (TPSA) is 49.2 Å². The Kier molecular flexibility index (Phi) is 3.41. The second kappa shape index (κ2) is 4.71. The number of aliphatic hydroxyl groups is 1. The molecule has 0 saturated heterocycles. The van der Waals surface area contributed by atoms with Gasteiger partial charge in [0.25, 0.3) is 0 Å². The summed E-state index contributed by atoms with van der Waals surface area (Å²) in [6.07, 6.45) is 0. The van der Waals surface area contributed by atoms with Crippen LogP contribution in [0.5, 0.6) is 0 Å². The van der Waals surface area contributed by atoms with E-state index >= 15 is 0 Å². The van der Waals surface area contributed by atoms with Gasteiger partial charge in [0.2, 0.25) is 0 Å². The van der Waals surface area contributed by atoms with E-state index in [-0.39, 0.29) is 6.61 Å². The van der Waals surface area contributed by atoms with Crippen molar-refractivity contribution in [3.63, 3.8) is 0 Å². The SMILES string of the molecule is CN(c1nnc(Cl)c2ccccc12)C(C)(C)CO. The van der Waals surface area contributed by atoms with Crippen molar-refractivity contribution in [1.82, 2.24) is 10.2 Å². The highest BCUT2D eigenvalue weighted by Crippen LogP contribution is 2.30. The van der Waals surface area contributed by atoms with Crippen LogP contribution in [0.25, 0.3) is 10.8 Å². The van der Waals surface area contributed by atoms with Gasteiger partial charge < -0.3 is 10.0 Å². The standard InChI is InChI=1S/C13H16ClN3O/c1-13(2,8-18)17(3)12-10-7-5-4-6-9(10)11(14)15-16-12/h4-7,18H,8H2,1-3H3. The molecular weight excluding hydrogens is 250 g/mol. The van der Waals surface area contributed by atoms with Gasteiger partial charge in [-0.15, -0.1) is 10.2 Å². The molecule has 18 heavy (non-hydrogen) atoms. The Labute approximate surface area is 111 Å². The van der Waals surface area contributed by atoms with Crippen LogP contribution in [0, 0.1) is 0 Å². The maximum absolute atomic E-state index is 9.44. The Morgan fingerprint density at radius 1 is 1.22 bits per heavy atom. The predicted octanol–water partition coefficient (Wildman–Crippen LogP) is 2.49. The molecule has 2 rings (SSSR count). The zero-order valence-electron chi connectivity index (χ0n) is 10.7. The van der Waals surface area contributed by atoms with Crippen LogP contribution in [0.3, 0.4) is 0 Å². The summed E-state index contributed by atoms with van der Waals surface area (Å²) in [5.41, 5.74) is -0.411. The second-order valence-electron chi connectivity index (χ2n) is 4.89. The highest BCUT2D eigenvalue weighted by Gasteiger charge is 2.25. The molecule has 1 aromatic heterocycles. The average Bonchev–Trinajstić information content (AvgIpc) is 2.39. The number of aromatic nitrogens is 2. The summed E-state index contributed by atoms with van der Waals surface area (Å²) >= 11 is 6.04. The van der Waals surface area contributed by atoms with Gasteiger partial charge in [0, 0.05) is 17.8 Å². The summed E-state index contributed by atoms with van der Waals surface area (Å²) < 4.78 is 0. The smallest absolute Gasteiger partial charge is 0.159 e. The minimum Gasteiger partial charge on any atom is -0.394 e. The summed E-state index contributed by atoms with van der Waals surface area (Å²) in [5.74, 6) is 0.717. The van der Waals surface area contributed by atoms with Crippen molar-refractivity contribution in [2.24, 2.45) is 0 Å². The first-order valence-corrected chi connectivity index (χ1v) is 6.11. The average molecular weight is 266 g/mol. The zero-order chi connectivity index (χ0) is 13.3. The van der Waals surface area contributed by atoms with Crippen molar-refractivity contribution in [3.05, 3.63) is 29.4 Å². The number of benzene rings is 1. The highest BCUT2D eigenvalue weighted by atomic mass is 35.5. The molecule has 0 fully saturated rings. The molecule has 0 aliphatic carbocycles. The number of fused-ring (bicyclic) bond motifs is 1. The monoisotopic (exact) mass is 265 g/mol. The summed E-state index contributed by atoms with van der Waals surface area (Å²) in [6.45, 7) is 3.91. The molecule has 0 unspecified atom stereocenters. The fraction of sp³-hybridized carbons (Fsp3) is 0.385. The highest BCUT2D eigenvalue weighted by molar-refractivity contribution is 6.34. The van der Waals surface area contributed by atoms with Crippen LogP contribution in [0.4, 0.5) is 5.82 Å². The Morgan fingerprint density at radius 2 is 1.83 bits per heavy atom. The van der Waals surface area contributed by atoms with Gasteiger partial charge in [-0.2, -0.15) is 0 Å². The van der Waals surface area contributed by atoms with Crippen LogP contribution in [0.2, 0.25) is 5.15 Å². The number of hydrogen-bond acceptors (Lipinski definition) is 4. The van der Waals surface area contributed by atoms with Crippen LogP contribution in [0.15, 0.2) is 24.3 Å². The van der Waals surface area contributed by atoms with Crippen molar-refractivity contribution >= 4 is 28.2 Å². The molecule has 1 aromatic carbocycles. The molecular formula is C13H16ClN3O. The van der Waals surface area contributed by atoms with E-state index in [0.717, 1.165) is 10.8 Å². The molecule has 0 aliphatic heterocycles. The molecule has 96 valence electrons. The van der Waals surface area contributed by atoms with E-state index < -0.39 is 5.54 Å². The summed E-state index contributed by atoms with van der Waals surface area (Å²) in [7, 11) is 1.89. The van der Waals surface area contributed by atoms with Crippen molar-refractivity contribution < 1.29 is 5.11 Å². The molecule has 0 atom stereocenters. The molecule has 0 radical (unpaired) electrons. The summed E-state index contributed by atoms with van der Waals surface area (Å²) in [5, 5.41) is 19.7. The molecule has 1 heterocycles. The third kappa shape index (κ3) is 2.13. The molecule has 0 amide bonds. The van der Waals surface area contributed by atoms with Crippen LogP contribution in [0.1, 0.15) is 13.8 Å². The van der Waals surface area contributed by atoms with Crippen LogP contribution < -0.4 is 4.90 Å². The molecule has 0 spiro atoms. The van der Waals surface area contributed by atoms with Gasteiger partial charge >= 0.3 is 0 Å². The first-order valence-electron chi connectivity index (χ1n) is 5.73. The number of halogens is 1. The van der Waals surface area contributed by atoms with Gasteiger partial charge in [-0.05, 0) is 13.8 Å². The lowest BCUT2D eigenvalue weighted by Gasteiger charge is -2.35. The lowest BCUT2D eigenvalue weighted by Crippen LogP contribution is -2.45. The van der Waals surface area contributed by atoms with E-state index in [0.29, 0.717) is 11.0 Å². The zero-order valence-corrected chi connectivity index (χ0v) is 11.4. The number of anilines is 1. The van der Waals surface area contributed by atoms with Gasteiger partial charge in [-0.3, -0.25) is 0 Å². The van der Waals surface area contributed by atoms with E-state index in [1.165, 1.54) is 0 Å². The number of rotatable bonds is 3. The van der Waals surface area contributed by atoms with Crippen LogP contribution in [-0.4, -0.2) is 34.5 Å². The minimum absolute atomic E-state index is 0.0299. The van der Waals surface area contributed by atoms with Gasteiger partial charge in [0.15, 0.2) is 11.0 Å². The van der Waals surface area contributed by atoms with Crippen LogP contribution >= 0.6 is 11.6 Å². The third-order valence-electron chi connectivity index (χ3n) is 3.24. The van der Waals surface area contributed by atoms with Crippen molar-refractivity contribution in [2.75, 3.05) is 18.6 Å². The van der Waals surface area contributed by atoms with E-state index in [1.54, 1.807) is 0 Å². The van der Waals surface area contributed by atoms with Gasteiger partial charge in [0.05, 0.1) is 12.1 Å². The second-order valence-corrected chi connectivity index (χ2v) is 5.25. The Balaban J connectivity index is 2.62.